The lowest BCUT2D eigenvalue weighted by Gasteiger charge is -2.02. The van der Waals surface area contributed by atoms with Gasteiger partial charge in [-0.3, -0.25) is 0 Å². The van der Waals surface area contributed by atoms with Crippen LogP contribution in [0.25, 0.3) is 0 Å². The Labute approximate surface area is 83.7 Å². The summed E-state index contributed by atoms with van der Waals surface area (Å²) in [5, 5.41) is 16.3. The van der Waals surface area contributed by atoms with Gasteiger partial charge in [0, 0.05) is 6.61 Å². The van der Waals surface area contributed by atoms with E-state index < -0.39 is 0 Å². The van der Waals surface area contributed by atoms with E-state index in [4.69, 9.17) is 9.84 Å². The Hall–Kier alpha value is -0.940. The molecule has 0 aliphatic heterocycles. The van der Waals surface area contributed by atoms with Crippen LogP contribution in [0.15, 0.2) is 6.20 Å². The number of unbranched alkanes of at least 4 members (excludes halogenated alkanes) is 1. The molecule has 1 heterocycles. The molecule has 0 fully saturated rings. The zero-order chi connectivity index (χ0) is 10.2. The van der Waals surface area contributed by atoms with Crippen molar-refractivity contribution < 1.29 is 9.84 Å². The summed E-state index contributed by atoms with van der Waals surface area (Å²) < 4.78 is 7.05. The fraction of sp³-hybridized carbons (Fsp3) is 0.778. The highest BCUT2D eigenvalue weighted by Gasteiger charge is 1.97. The van der Waals surface area contributed by atoms with E-state index in [1.165, 1.54) is 0 Å². The molecule has 80 valence electrons. The van der Waals surface area contributed by atoms with E-state index in [-0.39, 0.29) is 6.61 Å². The summed E-state index contributed by atoms with van der Waals surface area (Å²) in [5.74, 6) is 0. The first kappa shape index (κ1) is 11.1. The molecular weight excluding hydrogens is 182 g/mol. The standard InChI is InChI=1S/C9H17N3O2/c1-2-3-5-14-6-4-12-7-9(8-13)10-11-12/h7,13H,2-6,8H2,1H3. The van der Waals surface area contributed by atoms with E-state index in [1.807, 2.05) is 0 Å². The quantitative estimate of drug-likeness (QED) is 0.653. The van der Waals surface area contributed by atoms with Crippen LogP contribution >= 0.6 is 0 Å². The van der Waals surface area contributed by atoms with Crippen LogP contribution in [0.2, 0.25) is 0 Å². The number of aromatic nitrogens is 3. The van der Waals surface area contributed by atoms with Gasteiger partial charge in [0.1, 0.15) is 5.69 Å². The van der Waals surface area contributed by atoms with Crippen molar-refractivity contribution in [2.24, 2.45) is 0 Å². The maximum Gasteiger partial charge on any atom is 0.108 e. The molecule has 5 nitrogen and oxygen atoms in total. The molecular formula is C9H17N3O2. The number of ether oxygens (including phenoxy) is 1. The van der Waals surface area contributed by atoms with Crippen LogP contribution in [0.1, 0.15) is 25.5 Å². The van der Waals surface area contributed by atoms with Crippen molar-refractivity contribution in [3.8, 4) is 0 Å². The van der Waals surface area contributed by atoms with E-state index in [1.54, 1.807) is 10.9 Å². The lowest BCUT2D eigenvalue weighted by Crippen LogP contribution is -2.07. The summed E-state index contributed by atoms with van der Waals surface area (Å²) in [5.41, 5.74) is 0.596. The fourth-order valence-corrected chi connectivity index (χ4v) is 1.03. The van der Waals surface area contributed by atoms with Gasteiger partial charge in [-0.25, -0.2) is 4.68 Å². The smallest absolute Gasteiger partial charge is 0.108 e. The van der Waals surface area contributed by atoms with Crippen molar-refractivity contribution in [1.82, 2.24) is 15.0 Å². The van der Waals surface area contributed by atoms with Crippen LogP contribution in [-0.4, -0.2) is 33.3 Å². The predicted molar refractivity (Wildman–Crippen MR) is 51.7 cm³/mol. The maximum atomic E-state index is 8.75. The van der Waals surface area contributed by atoms with Crippen molar-refractivity contribution in [2.75, 3.05) is 13.2 Å². The molecule has 0 bridgehead atoms. The van der Waals surface area contributed by atoms with Crippen molar-refractivity contribution in [3.63, 3.8) is 0 Å². The van der Waals surface area contributed by atoms with Crippen molar-refractivity contribution in [3.05, 3.63) is 11.9 Å². The van der Waals surface area contributed by atoms with Crippen molar-refractivity contribution >= 4 is 0 Å². The second kappa shape index (κ2) is 6.50. The Morgan fingerprint density at radius 2 is 2.36 bits per heavy atom. The summed E-state index contributed by atoms with van der Waals surface area (Å²) in [6, 6.07) is 0. The van der Waals surface area contributed by atoms with Crippen LogP contribution < -0.4 is 0 Å². The highest BCUT2D eigenvalue weighted by Crippen LogP contribution is 1.93. The molecule has 0 aliphatic carbocycles. The first-order valence-electron chi connectivity index (χ1n) is 4.94. The molecule has 1 aromatic rings. The predicted octanol–water partition coefficient (Wildman–Crippen LogP) is 0.587. The lowest BCUT2D eigenvalue weighted by molar-refractivity contribution is 0.120. The largest absolute Gasteiger partial charge is 0.390 e. The molecule has 0 radical (unpaired) electrons. The summed E-state index contributed by atoms with van der Waals surface area (Å²) in [6.45, 7) is 4.22. The molecule has 0 amide bonds. The van der Waals surface area contributed by atoms with Crippen LogP contribution in [0.4, 0.5) is 0 Å². The first-order chi connectivity index (χ1) is 6.86. The van der Waals surface area contributed by atoms with Crippen LogP contribution in [0.5, 0.6) is 0 Å². The normalized spacial score (nSPS) is 10.7. The van der Waals surface area contributed by atoms with Gasteiger partial charge >= 0.3 is 0 Å². The average molecular weight is 199 g/mol. The Bertz CT molecular complexity index is 250. The maximum absolute atomic E-state index is 8.75. The Kier molecular flexibility index (Phi) is 5.17. The molecule has 0 spiro atoms. The minimum absolute atomic E-state index is 0.0588. The Morgan fingerprint density at radius 3 is 3.00 bits per heavy atom. The topological polar surface area (TPSA) is 60.2 Å². The van der Waals surface area contributed by atoms with E-state index in [9.17, 15) is 0 Å². The molecule has 5 heteroatoms. The van der Waals surface area contributed by atoms with Crippen LogP contribution in [-0.2, 0) is 17.9 Å². The molecule has 0 saturated heterocycles. The third-order valence-electron chi connectivity index (χ3n) is 1.86. The van der Waals surface area contributed by atoms with Gasteiger partial charge in [0.25, 0.3) is 0 Å². The molecule has 0 aromatic carbocycles. The van der Waals surface area contributed by atoms with Gasteiger partial charge in [-0.15, -0.1) is 5.10 Å². The van der Waals surface area contributed by atoms with Gasteiger partial charge in [0.2, 0.25) is 0 Å². The molecule has 1 rings (SSSR count). The highest BCUT2D eigenvalue weighted by molar-refractivity contribution is 4.88. The second-order valence-corrected chi connectivity index (χ2v) is 3.10. The molecule has 0 aliphatic rings. The number of aliphatic hydroxyl groups is 1. The van der Waals surface area contributed by atoms with Gasteiger partial charge in [-0.1, -0.05) is 18.6 Å². The van der Waals surface area contributed by atoms with E-state index in [0.29, 0.717) is 18.8 Å². The van der Waals surface area contributed by atoms with E-state index >= 15 is 0 Å². The summed E-state index contributed by atoms with van der Waals surface area (Å²) >= 11 is 0. The van der Waals surface area contributed by atoms with E-state index in [0.717, 1.165) is 19.4 Å². The van der Waals surface area contributed by atoms with Gasteiger partial charge in [0.15, 0.2) is 0 Å². The average Bonchev–Trinajstić information content (AvgIpc) is 2.65. The van der Waals surface area contributed by atoms with Crippen LogP contribution in [0, 0.1) is 0 Å². The molecule has 0 unspecified atom stereocenters. The summed E-state index contributed by atoms with van der Waals surface area (Å²) in [6.07, 6.45) is 3.97. The fourth-order valence-electron chi connectivity index (χ4n) is 1.03. The van der Waals surface area contributed by atoms with Gasteiger partial charge in [-0.05, 0) is 6.42 Å². The SMILES string of the molecule is CCCCOCCn1cc(CO)nn1. The van der Waals surface area contributed by atoms with E-state index in [2.05, 4.69) is 17.2 Å². The number of hydrogen-bond donors (Lipinski definition) is 1. The number of nitrogens with zero attached hydrogens (tertiary/aromatic N) is 3. The molecule has 0 atom stereocenters. The molecule has 14 heavy (non-hydrogen) atoms. The Morgan fingerprint density at radius 1 is 1.50 bits per heavy atom. The zero-order valence-corrected chi connectivity index (χ0v) is 8.52. The molecule has 1 aromatic heterocycles. The Balaban J connectivity index is 2.12. The lowest BCUT2D eigenvalue weighted by atomic mass is 10.4. The van der Waals surface area contributed by atoms with Crippen molar-refractivity contribution in [1.29, 1.82) is 0 Å². The minimum Gasteiger partial charge on any atom is -0.390 e. The molecule has 1 N–H and O–H groups in total. The third-order valence-corrected chi connectivity index (χ3v) is 1.86. The van der Waals surface area contributed by atoms with Crippen LogP contribution in [0.3, 0.4) is 0 Å². The summed E-state index contributed by atoms with van der Waals surface area (Å²) in [4.78, 5) is 0. The monoisotopic (exact) mass is 199 g/mol. The van der Waals surface area contributed by atoms with Gasteiger partial charge in [-0.2, -0.15) is 0 Å². The first-order valence-corrected chi connectivity index (χ1v) is 4.94. The van der Waals surface area contributed by atoms with Gasteiger partial charge in [0.05, 0.1) is 26.0 Å². The zero-order valence-electron chi connectivity index (χ0n) is 8.52. The number of rotatable bonds is 7. The summed E-state index contributed by atoms with van der Waals surface area (Å²) in [7, 11) is 0. The van der Waals surface area contributed by atoms with Crippen molar-refractivity contribution in [2.45, 2.75) is 32.9 Å². The number of hydrogen-bond acceptors (Lipinski definition) is 4. The van der Waals surface area contributed by atoms with Gasteiger partial charge < -0.3 is 9.84 Å². The highest BCUT2D eigenvalue weighted by atomic mass is 16.5. The third kappa shape index (κ3) is 3.85. The second-order valence-electron chi connectivity index (χ2n) is 3.10. The minimum atomic E-state index is -0.0588. The number of aliphatic hydroxyl groups excluding tert-OH is 1. The molecule has 0 saturated carbocycles.